The molecule has 0 aromatic rings. The summed E-state index contributed by atoms with van der Waals surface area (Å²) in [6.07, 6.45) is -4.29. The highest BCUT2D eigenvalue weighted by Gasteiger charge is 2.61. The third kappa shape index (κ3) is 2.04. The molecule has 0 amide bonds. The van der Waals surface area contributed by atoms with Crippen molar-refractivity contribution in [2.24, 2.45) is 0 Å². The van der Waals surface area contributed by atoms with E-state index in [-0.39, 0.29) is 6.42 Å². The third-order valence-electron chi connectivity index (χ3n) is 1.83. The molecular weight excluding hydrogens is 223 g/mol. The van der Waals surface area contributed by atoms with Gasteiger partial charge in [0.25, 0.3) is 0 Å². The minimum atomic E-state index is -5.49. The fourth-order valence-corrected chi connectivity index (χ4v) is 2.22. The molecule has 1 rings (SSSR count). The molecule has 0 fully saturated rings. The molecular formula is C8H9F5S. The zero-order valence-electron chi connectivity index (χ0n) is 7.58. The molecule has 0 aromatic heterocycles. The molecule has 14 heavy (non-hydrogen) atoms. The molecule has 0 saturated carbocycles. The van der Waals surface area contributed by atoms with E-state index in [4.69, 9.17) is 0 Å². The van der Waals surface area contributed by atoms with Gasteiger partial charge in [0, 0.05) is 4.75 Å². The largest absolute Gasteiger partial charge is 0.458 e. The number of hydrogen-bond acceptors (Lipinski definition) is 1. The minimum absolute atomic E-state index is 0.235. The standard InChI is InChI=1S/C8H9F5S/c1-6(2)4-3-5(14-6)7(9,10)8(11,12)13/h3H,4H2,1-2H3. The number of alkyl halides is 5. The Morgan fingerprint density at radius 1 is 1.21 bits per heavy atom. The highest BCUT2D eigenvalue weighted by atomic mass is 32.2. The maximum absolute atomic E-state index is 12.8. The molecule has 0 atom stereocenters. The van der Waals surface area contributed by atoms with E-state index in [0.29, 0.717) is 11.8 Å². The summed E-state index contributed by atoms with van der Waals surface area (Å²) in [5.74, 6) is -4.70. The lowest BCUT2D eigenvalue weighted by Crippen LogP contribution is -2.37. The Kier molecular flexibility index (Phi) is 2.63. The van der Waals surface area contributed by atoms with Gasteiger partial charge in [-0.05, 0) is 6.42 Å². The Hall–Kier alpha value is -0.260. The van der Waals surface area contributed by atoms with Crippen molar-refractivity contribution in [3.05, 3.63) is 11.0 Å². The minimum Gasteiger partial charge on any atom is -0.190 e. The first kappa shape index (κ1) is 11.8. The highest BCUT2D eigenvalue weighted by Crippen LogP contribution is 2.53. The van der Waals surface area contributed by atoms with Gasteiger partial charge >= 0.3 is 12.1 Å². The normalized spacial score (nSPS) is 22.4. The van der Waals surface area contributed by atoms with Crippen LogP contribution in [0.4, 0.5) is 22.0 Å². The monoisotopic (exact) mass is 232 g/mol. The molecule has 6 heteroatoms. The number of rotatable bonds is 1. The first-order chi connectivity index (χ1) is 6.06. The second-order valence-electron chi connectivity index (χ2n) is 3.71. The van der Waals surface area contributed by atoms with Gasteiger partial charge in [-0.25, -0.2) is 0 Å². The zero-order valence-corrected chi connectivity index (χ0v) is 8.40. The van der Waals surface area contributed by atoms with Crippen LogP contribution >= 0.6 is 11.8 Å². The lowest BCUT2D eigenvalue weighted by atomic mass is 10.1. The molecule has 0 bridgehead atoms. The Bertz CT molecular complexity index is 263. The van der Waals surface area contributed by atoms with Crippen LogP contribution in [-0.4, -0.2) is 16.8 Å². The van der Waals surface area contributed by atoms with Crippen LogP contribution in [0.1, 0.15) is 20.3 Å². The number of hydrogen-bond donors (Lipinski definition) is 0. The van der Waals surface area contributed by atoms with Crippen LogP contribution < -0.4 is 0 Å². The summed E-state index contributed by atoms with van der Waals surface area (Å²) in [4.78, 5) is -0.880. The van der Waals surface area contributed by atoms with E-state index >= 15 is 0 Å². The van der Waals surface area contributed by atoms with Crippen molar-refractivity contribution >= 4 is 11.8 Å². The van der Waals surface area contributed by atoms with Gasteiger partial charge in [0.05, 0.1) is 4.91 Å². The number of allylic oxidation sites excluding steroid dienone is 2. The van der Waals surface area contributed by atoms with Crippen molar-refractivity contribution in [1.29, 1.82) is 0 Å². The van der Waals surface area contributed by atoms with E-state index < -0.39 is 21.8 Å². The van der Waals surface area contributed by atoms with Gasteiger partial charge in [-0.2, -0.15) is 22.0 Å². The second-order valence-corrected chi connectivity index (χ2v) is 5.46. The van der Waals surface area contributed by atoms with Crippen LogP contribution in [0.2, 0.25) is 0 Å². The van der Waals surface area contributed by atoms with Crippen LogP contribution in [0.25, 0.3) is 0 Å². The summed E-state index contributed by atoms with van der Waals surface area (Å²) >= 11 is 0.593. The Morgan fingerprint density at radius 3 is 2.00 bits per heavy atom. The van der Waals surface area contributed by atoms with Gasteiger partial charge in [-0.15, -0.1) is 11.8 Å². The lowest BCUT2D eigenvalue weighted by Gasteiger charge is -2.23. The topological polar surface area (TPSA) is 0 Å². The average molecular weight is 232 g/mol. The Labute approximate surface area is 82.5 Å². The Morgan fingerprint density at radius 2 is 1.71 bits per heavy atom. The van der Waals surface area contributed by atoms with E-state index in [2.05, 4.69) is 0 Å². The first-order valence-corrected chi connectivity index (χ1v) is 4.72. The molecule has 0 aromatic carbocycles. The van der Waals surface area contributed by atoms with Crippen molar-refractivity contribution in [1.82, 2.24) is 0 Å². The molecule has 0 saturated heterocycles. The molecule has 0 nitrogen and oxygen atoms in total. The number of halogens is 5. The predicted octanol–water partition coefficient (Wildman–Crippen LogP) is 3.98. The maximum Gasteiger partial charge on any atom is 0.458 e. The quantitative estimate of drug-likeness (QED) is 0.616. The highest BCUT2D eigenvalue weighted by molar-refractivity contribution is 8.04. The van der Waals surface area contributed by atoms with E-state index in [1.54, 1.807) is 13.8 Å². The fraction of sp³-hybridized carbons (Fsp3) is 0.750. The van der Waals surface area contributed by atoms with E-state index in [1.807, 2.05) is 0 Å². The lowest BCUT2D eigenvalue weighted by molar-refractivity contribution is -0.260. The maximum atomic E-state index is 12.8. The van der Waals surface area contributed by atoms with Crippen LogP contribution in [-0.2, 0) is 0 Å². The van der Waals surface area contributed by atoms with Gasteiger partial charge in [-0.1, -0.05) is 19.9 Å². The predicted molar refractivity (Wildman–Crippen MR) is 45.4 cm³/mol. The van der Waals surface area contributed by atoms with Crippen molar-refractivity contribution in [2.45, 2.75) is 37.1 Å². The summed E-state index contributed by atoms with van der Waals surface area (Å²) in [7, 11) is 0. The molecule has 0 aliphatic carbocycles. The summed E-state index contributed by atoms with van der Waals surface area (Å²) in [5.41, 5.74) is 0. The summed E-state index contributed by atoms with van der Waals surface area (Å²) < 4.78 is 60.8. The molecule has 0 radical (unpaired) electrons. The van der Waals surface area contributed by atoms with E-state index in [1.165, 1.54) is 0 Å². The molecule has 1 aliphatic rings. The SMILES string of the molecule is CC1(C)CC=C(C(F)(F)C(F)(F)F)S1. The van der Waals surface area contributed by atoms with Gasteiger partial charge in [0.15, 0.2) is 0 Å². The van der Waals surface area contributed by atoms with Gasteiger partial charge in [-0.3, -0.25) is 0 Å². The van der Waals surface area contributed by atoms with Crippen LogP contribution in [0.5, 0.6) is 0 Å². The van der Waals surface area contributed by atoms with Crippen LogP contribution in [0.15, 0.2) is 11.0 Å². The van der Waals surface area contributed by atoms with Gasteiger partial charge in [0.1, 0.15) is 0 Å². The smallest absolute Gasteiger partial charge is 0.190 e. The summed E-state index contributed by atoms with van der Waals surface area (Å²) in [6.45, 7) is 3.27. The summed E-state index contributed by atoms with van der Waals surface area (Å²) in [5, 5.41) is 0. The van der Waals surface area contributed by atoms with E-state index in [9.17, 15) is 22.0 Å². The van der Waals surface area contributed by atoms with Gasteiger partial charge in [0.2, 0.25) is 0 Å². The molecule has 82 valence electrons. The molecule has 0 unspecified atom stereocenters. The number of thioether (sulfide) groups is 1. The van der Waals surface area contributed by atoms with E-state index in [0.717, 1.165) is 6.08 Å². The summed E-state index contributed by atoms with van der Waals surface area (Å²) in [6, 6.07) is 0. The van der Waals surface area contributed by atoms with Crippen molar-refractivity contribution in [2.75, 3.05) is 0 Å². The second kappa shape index (κ2) is 3.12. The van der Waals surface area contributed by atoms with Crippen molar-refractivity contribution < 1.29 is 22.0 Å². The fourth-order valence-electron chi connectivity index (χ4n) is 1.05. The van der Waals surface area contributed by atoms with Gasteiger partial charge < -0.3 is 0 Å². The molecule has 0 N–H and O–H groups in total. The third-order valence-corrected chi connectivity index (χ3v) is 3.19. The Balaban J connectivity index is 2.87. The molecule has 1 aliphatic heterocycles. The average Bonchev–Trinajstić information content (AvgIpc) is 2.28. The molecule has 0 spiro atoms. The van der Waals surface area contributed by atoms with Crippen molar-refractivity contribution in [3.63, 3.8) is 0 Å². The molecule has 1 heterocycles. The van der Waals surface area contributed by atoms with Crippen molar-refractivity contribution in [3.8, 4) is 0 Å². The van der Waals surface area contributed by atoms with Crippen LogP contribution in [0.3, 0.4) is 0 Å². The zero-order chi connectivity index (χ0) is 11.2. The first-order valence-electron chi connectivity index (χ1n) is 3.90. The van der Waals surface area contributed by atoms with Crippen LogP contribution in [0, 0.1) is 0 Å².